The second kappa shape index (κ2) is 7.64. The van der Waals surface area contributed by atoms with E-state index in [9.17, 15) is 4.79 Å². The van der Waals surface area contributed by atoms with Gasteiger partial charge in [0.05, 0.1) is 0 Å². The van der Waals surface area contributed by atoms with E-state index in [2.05, 4.69) is 18.3 Å². The summed E-state index contributed by atoms with van der Waals surface area (Å²) in [7, 11) is 0. The Labute approximate surface area is 126 Å². The predicted octanol–water partition coefficient (Wildman–Crippen LogP) is 2.86. The molecule has 0 spiro atoms. The maximum atomic E-state index is 11.7. The smallest absolute Gasteiger partial charge is 0.220 e. The molecule has 0 saturated heterocycles. The molecule has 1 aromatic rings. The lowest BCUT2D eigenvalue weighted by atomic mass is 10.1. The first kappa shape index (κ1) is 16.1. The van der Waals surface area contributed by atoms with Crippen LogP contribution in [0.4, 0.5) is 0 Å². The number of aliphatic hydroxyl groups is 1. The van der Waals surface area contributed by atoms with Crippen LogP contribution in [-0.2, 0) is 11.2 Å². The predicted molar refractivity (Wildman–Crippen MR) is 82.0 cm³/mol. The number of furan rings is 1. The van der Waals surface area contributed by atoms with Crippen molar-refractivity contribution in [1.82, 2.24) is 5.32 Å². The van der Waals surface area contributed by atoms with Gasteiger partial charge in [0.2, 0.25) is 5.91 Å². The minimum absolute atomic E-state index is 0.0735. The first-order valence-corrected chi connectivity index (χ1v) is 8.06. The van der Waals surface area contributed by atoms with E-state index in [4.69, 9.17) is 9.52 Å². The molecular formula is C17H27NO3. The highest BCUT2D eigenvalue weighted by molar-refractivity contribution is 5.76. The normalized spacial score (nSPS) is 22.0. The number of amides is 1. The number of aliphatic hydroxyl groups excluding tert-OH is 1. The quantitative estimate of drug-likeness (QED) is 0.688. The van der Waals surface area contributed by atoms with Gasteiger partial charge in [0.25, 0.3) is 0 Å². The van der Waals surface area contributed by atoms with Crippen molar-refractivity contribution in [2.24, 2.45) is 11.8 Å². The highest BCUT2D eigenvalue weighted by atomic mass is 16.3. The summed E-state index contributed by atoms with van der Waals surface area (Å²) < 4.78 is 5.79. The second-order valence-corrected chi connectivity index (χ2v) is 6.40. The Morgan fingerprint density at radius 2 is 2.29 bits per heavy atom. The Morgan fingerprint density at radius 3 is 2.95 bits per heavy atom. The zero-order chi connectivity index (χ0) is 15.2. The molecule has 3 atom stereocenters. The molecule has 1 aliphatic rings. The number of carbonyl (C=O) groups excluding carboxylic acids is 1. The fourth-order valence-electron chi connectivity index (χ4n) is 2.54. The second-order valence-electron chi connectivity index (χ2n) is 6.40. The third-order valence-electron chi connectivity index (χ3n) is 4.26. The number of hydrogen-bond acceptors (Lipinski definition) is 3. The molecule has 1 aliphatic carbocycles. The Morgan fingerprint density at radius 1 is 1.52 bits per heavy atom. The van der Waals surface area contributed by atoms with Crippen molar-refractivity contribution in [2.45, 2.75) is 51.9 Å². The van der Waals surface area contributed by atoms with Crippen molar-refractivity contribution in [2.75, 3.05) is 13.2 Å². The SMILES string of the molecule is CC(CO)CCCNC(=O)CCc1ccc(C2CC2C)o1. The Balaban J connectivity index is 1.59. The zero-order valence-corrected chi connectivity index (χ0v) is 13.1. The van der Waals surface area contributed by atoms with Gasteiger partial charge in [-0.3, -0.25) is 4.79 Å². The van der Waals surface area contributed by atoms with Crippen LogP contribution in [0, 0.1) is 11.8 Å². The average molecular weight is 293 g/mol. The lowest BCUT2D eigenvalue weighted by Crippen LogP contribution is -2.25. The van der Waals surface area contributed by atoms with Crippen LogP contribution < -0.4 is 5.32 Å². The molecule has 1 aromatic heterocycles. The van der Waals surface area contributed by atoms with Crippen LogP contribution in [0.2, 0.25) is 0 Å². The van der Waals surface area contributed by atoms with Gasteiger partial charge < -0.3 is 14.8 Å². The number of rotatable bonds is 9. The largest absolute Gasteiger partial charge is 0.466 e. The van der Waals surface area contributed by atoms with Crippen molar-refractivity contribution in [3.05, 3.63) is 23.7 Å². The molecule has 4 nitrogen and oxygen atoms in total. The van der Waals surface area contributed by atoms with Gasteiger partial charge in [-0.2, -0.15) is 0 Å². The fourth-order valence-corrected chi connectivity index (χ4v) is 2.54. The van der Waals surface area contributed by atoms with Crippen LogP contribution in [0.15, 0.2) is 16.5 Å². The summed E-state index contributed by atoms with van der Waals surface area (Å²) >= 11 is 0. The number of carbonyl (C=O) groups is 1. The van der Waals surface area contributed by atoms with Gasteiger partial charge in [0.1, 0.15) is 11.5 Å². The van der Waals surface area contributed by atoms with Crippen molar-refractivity contribution >= 4 is 5.91 Å². The van der Waals surface area contributed by atoms with E-state index in [1.165, 1.54) is 6.42 Å². The Hall–Kier alpha value is -1.29. The maximum Gasteiger partial charge on any atom is 0.220 e. The Bertz CT molecular complexity index is 455. The summed E-state index contributed by atoms with van der Waals surface area (Å²) in [5, 5.41) is 11.8. The summed E-state index contributed by atoms with van der Waals surface area (Å²) in [4.78, 5) is 11.7. The van der Waals surface area contributed by atoms with E-state index >= 15 is 0 Å². The first-order valence-electron chi connectivity index (χ1n) is 8.06. The molecule has 2 rings (SSSR count). The molecule has 2 N–H and O–H groups in total. The first-order chi connectivity index (χ1) is 10.1. The minimum Gasteiger partial charge on any atom is -0.466 e. The van der Waals surface area contributed by atoms with Gasteiger partial charge in [-0.15, -0.1) is 0 Å². The number of hydrogen-bond donors (Lipinski definition) is 2. The molecule has 21 heavy (non-hydrogen) atoms. The molecule has 0 aliphatic heterocycles. The van der Waals surface area contributed by atoms with Crippen LogP contribution in [0.3, 0.4) is 0 Å². The topological polar surface area (TPSA) is 62.5 Å². The molecule has 1 saturated carbocycles. The molecule has 4 heteroatoms. The molecule has 1 fully saturated rings. The standard InChI is InChI=1S/C17H27NO3/c1-12(11-19)4-3-9-18-17(20)8-6-14-5-7-16(21-14)15-10-13(15)2/h5,7,12-13,15,19H,3-4,6,8-11H2,1-2H3,(H,18,20). The van der Waals surface area contributed by atoms with Crippen molar-refractivity contribution in [3.63, 3.8) is 0 Å². The molecule has 0 bridgehead atoms. The third-order valence-corrected chi connectivity index (χ3v) is 4.26. The zero-order valence-electron chi connectivity index (χ0n) is 13.1. The van der Waals surface area contributed by atoms with Crippen molar-refractivity contribution < 1.29 is 14.3 Å². The summed E-state index contributed by atoms with van der Waals surface area (Å²) in [6, 6.07) is 4.05. The summed E-state index contributed by atoms with van der Waals surface area (Å²) in [6.07, 6.45) is 4.22. The van der Waals surface area contributed by atoms with Gasteiger partial charge in [0, 0.05) is 31.9 Å². The van der Waals surface area contributed by atoms with E-state index in [0.29, 0.717) is 31.2 Å². The van der Waals surface area contributed by atoms with Crippen molar-refractivity contribution in [3.8, 4) is 0 Å². The van der Waals surface area contributed by atoms with Crippen LogP contribution in [-0.4, -0.2) is 24.2 Å². The molecule has 0 aromatic carbocycles. The minimum atomic E-state index is 0.0735. The average Bonchev–Trinajstić information content (AvgIpc) is 3.02. The van der Waals surface area contributed by atoms with Gasteiger partial charge in [0.15, 0.2) is 0 Å². The van der Waals surface area contributed by atoms with E-state index < -0.39 is 0 Å². The summed E-state index contributed by atoms with van der Waals surface area (Å²) in [5.74, 6) is 3.72. The van der Waals surface area contributed by atoms with Gasteiger partial charge in [-0.1, -0.05) is 13.8 Å². The molecular weight excluding hydrogens is 266 g/mol. The summed E-state index contributed by atoms with van der Waals surface area (Å²) in [5.41, 5.74) is 0. The molecule has 118 valence electrons. The Kier molecular flexibility index (Phi) is 5.85. The highest BCUT2D eigenvalue weighted by Crippen LogP contribution is 2.47. The van der Waals surface area contributed by atoms with Crippen LogP contribution >= 0.6 is 0 Å². The van der Waals surface area contributed by atoms with Crippen LogP contribution in [0.25, 0.3) is 0 Å². The lowest BCUT2D eigenvalue weighted by molar-refractivity contribution is -0.121. The monoisotopic (exact) mass is 293 g/mol. The molecule has 3 unspecified atom stereocenters. The van der Waals surface area contributed by atoms with E-state index in [0.717, 1.165) is 30.3 Å². The highest BCUT2D eigenvalue weighted by Gasteiger charge is 2.36. The van der Waals surface area contributed by atoms with E-state index in [1.807, 2.05) is 13.0 Å². The summed E-state index contributed by atoms with van der Waals surface area (Å²) in [6.45, 7) is 5.15. The number of aryl methyl sites for hydroxylation is 1. The molecule has 1 heterocycles. The van der Waals surface area contributed by atoms with E-state index in [-0.39, 0.29) is 12.5 Å². The fraction of sp³-hybridized carbons (Fsp3) is 0.706. The van der Waals surface area contributed by atoms with Gasteiger partial charge >= 0.3 is 0 Å². The third kappa shape index (κ3) is 5.20. The van der Waals surface area contributed by atoms with Crippen LogP contribution in [0.5, 0.6) is 0 Å². The maximum absolute atomic E-state index is 11.7. The number of nitrogens with one attached hydrogen (secondary N) is 1. The molecule has 1 amide bonds. The van der Waals surface area contributed by atoms with Gasteiger partial charge in [-0.25, -0.2) is 0 Å². The molecule has 0 radical (unpaired) electrons. The van der Waals surface area contributed by atoms with Gasteiger partial charge in [-0.05, 0) is 43.2 Å². The lowest BCUT2D eigenvalue weighted by Gasteiger charge is -2.08. The van der Waals surface area contributed by atoms with E-state index in [1.54, 1.807) is 0 Å². The van der Waals surface area contributed by atoms with Crippen LogP contribution in [0.1, 0.15) is 57.0 Å². The van der Waals surface area contributed by atoms with Crippen molar-refractivity contribution in [1.29, 1.82) is 0 Å².